The number of hydrogen-bond donors (Lipinski definition) is 2. The molecule has 0 saturated heterocycles. The van der Waals surface area contributed by atoms with Gasteiger partial charge in [-0.2, -0.15) is 0 Å². The first-order chi connectivity index (χ1) is 10.9. The van der Waals surface area contributed by atoms with Gasteiger partial charge in [0.05, 0.1) is 6.26 Å². The molecule has 0 aliphatic carbocycles. The van der Waals surface area contributed by atoms with Gasteiger partial charge >= 0.3 is 0 Å². The molecule has 3 rings (SSSR count). The molecule has 0 fully saturated rings. The summed E-state index contributed by atoms with van der Waals surface area (Å²) in [4.78, 5) is 4.59. The fourth-order valence-corrected chi connectivity index (χ4v) is 2.58. The molecule has 23 heavy (non-hydrogen) atoms. The molecule has 3 heterocycles. The van der Waals surface area contributed by atoms with E-state index in [2.05, 4.69) is 37.3 Å². The van der Waals surface area contributed by atoms with E-state index in [9.17, 15) is 0 Å². The van der Waals surface area contributed by atoms with Gasteiger partial charge in [0.25, 0.3) is 0 Å². The SMILES string of the molecule is CCNC(=NCc1nnc2n1CCC2)NCCc1ccco1.I. The van der Waals surface area contributed by atoms with E-state index >= 15 is 0 Å². The Morgan fingerprint density at radius 3 is 3.09 bits per heavy atom. The Hall–Kier alpha value is -1.58. The first-order valence-electron chi connectivity index (χ1n) is 7.82. The predicted octanol–water partition coefficient (Wildman–Crippen LogP) is 1.73. The molecule has 0 amide bonds. The van der Waals surface area contributed by atoms with Crippen LogP contribution in [0.25, 0.3) is 0 Å². The average Bonchev–Trinajstić information content (AvgIpc) is 3.23. The Labute approximate surface area is 153 Å². The smallest absolute Gasteiger partial charge is 0.191 e. The summed E-state index contributed by atoms with van der Waals surface area (Å²) in [6, 6.07) is 3.88. The Morgan fingerprint density at radius 1 is 1.39 bits per heavy atom. The maximum absolute atomic E-state index is 5.32. The largest absolute Gasteiger partial charge is 0.469 e. The zero-order valence-corrected chi connectivity index (χ0v) is 15.6. The number of nitrogens with zero attached hydrogens (tertiary/aromatic N) is 4. The van der Waals surface area contributed by atoms with Gasteiger partial charge in [0.15, 0.2) is 11.8 Å². The number of halogens is 1. The minimum atomic E-state index is 0. The molecule has 0 bridgehead atoms. The standard InChI is InChI=1S/C15H22N6O.HI/c1-2-16-15(17-8-7-12-5-4-10-22-12)18-11-14-20-19-13-6-3-9-21(13)14;/h4-5,10H,2-3,6-9,11H2,1H3,(H2,16,17,18);1H. The Kier molecular flexibility index (Phi) is 6.87. The van der Waals surface area contributed by atoms with E-state index in [1.807, 2.05) is 12.1 Å². The Morgan fingerprint density at radius 2 is 2.30 bits per heavy atom. The van der Waals surface area contributed by atoms with Crippen molar-refractivity contribution < 1.29 is 4.42 Å². The molecular weight excluding hydrogens is 407 g/mol. The van der Waals surface area contributed by atoms with Gasteiger partial charge in [-0.1, -0.05) is 0 Å². The van der Waals surface area contributed by atoms with Crippen LogP contribution in [0.1, 0.15) is 30.8 Å². The third-order valence-electron chi connectivity index (χ3n) is 3.65. The Bertz CT molecular complexity index is 622. The summed E-state index contributed by atoms with van der Waals surface area (Å²) in [5.41, 5.74) is 0. The highest BCUT2D eigenvalue weighted by molar-refractivity contribution is 14.0. The van der Waals surface area contributed by atoms with Crippen molar-refractivity contribution in [2.45, 2.75) is 39.3 Å². The fraction of sp³-hybridized carbons (Fsp3) is 0.533. The minimum absolute atomic E-state index is 0. The van der Waals surface area contributed by atoms with Crippen LogP contribution >= 0.6 is 24.0 Å². The zero-order valence-electron chi connectivity index (χ0n) is 13.3. The molecular formula is C15H23IN6O. The van der Waals surface area contributed by atoms with E-state index in [0.29, 0.717) is 6.54 Å². The van der Waals surface area contributed by atoms with Crippen LogP contribution in [0.15, 0.2) is 27.8 Å². The van der Waals surface area contributed by atoms with Crippen LogP contribution in [-0.4, -0.2) is 33.8 Å². The third kappa shape index (κ3) is 4.69. The number of aromatic nitrogens is 3. The normalized spacial score (nSPS) is 13.5. The number of fused-ring (bicyclic) bond motifs is 1. The lowest BCUT2D eigenvalue weighted by molar-refractivity contribution is 0.506. The van der Waals surface area contributed by atoms with Gasteiger partial charge < -0.3 is 19.6 Å². The summed E-state index contributed by atoms with van der Waals surface area (Å²) in [5, 5.41) is 15.0. The molecule has 0 saturated carbocycles. The van der Waals surface area contributed by atoms with E-state index < -0.39 is 0 Å². The molecule has 2 aromatic rings. The van der Waals surface area contributed by atoms with Crippen molar-refractivity contribution in [2.75, 3.05) is 13.1 Å². The van der Waals surface area contributed by atoms with Gasteiger partial charge in [0.2, 0.25) is 0 Å². The van der Waals surface area contributed by atoms with Crippen LogP contribution < -0.4 is 10.6 Å². The van der Waals surface area contributed by atoms with Gasteiger partial charge in [0.1, 0.15) is 18.1 Å². The number of furan rings is 1. The summed E-state index contributed by atoms with van der Waals surface area (Å²) in [7, 11) is 0. The minimum Gasteiger partial charge on any atom is -0.469 e. The first-order valence-corrected chi connectivity index (χ1v) is 7.82. The van der Waals surface area contributed by atoms with Gasteiger partial charge in [-0.15, -0.1) is 34.2 Å². The first kappa shape index (κ1) is 17.8. The maximum atomic E-state index is 5.32. The highest BCUT2D eigenvalue weighted by atomic mass is 127. The fourth-order valence-electron chi connectivity index (χ4n) is 2.58. The molecule has 2 aromatic heterocycles. The summed E-state index contributed by atoms with van der Waals surface area (Å²) >= 11 is 0. The quantitative estimate of drug-likeness (QED) is 0.415. The average molecular weight is 430 g/mol. The number of guanidine groups is 1. The topological polar surface area (TPSA) is 80.3 Å². The lowest BCUT2D eigenvalue weighted by Crippen LogP contribution is -2.38. The second-order valence-electron chi connectivity index (χ2n) is 5.24. The van der Waals surface area contributed by atoms with Crippen LogP contribution in [-0.2, 0) is 25.9 Å². The van der Waals surface area contributed by atoms with E-state index in [1.165, 1.54) is 0 Å². The van der Waals surface area contributed by atoms with E-state index in [0.717, 1.165) is 62.3 Å². The maximum Gasteiger partial charge on any atom is 0.191 e. The van der Waals surface area contributed by atoms with E-state index in [1.54, 1.807) is 6.26 Å². The van der Waals surface area contributed by atoms with Crippen molar-refractivity contribution in [3.05, 3.63) is 35.8 Å². The molecule has 126 valence electrons. The number of hydrogen-bond acceptors (Lipinski definition) is 4. The highest BCUT2D eigenvalue weighted by Gasteiger charge is 2.16. The number of rotatable bonds is 6. The van der Waals surface area contributed by atoms with Crippen molar-refractivity contribution >= 4 is 29.9 Å². The summed E-state index contributed by atoms with van der Waals surface area (Å²) in [6.45, 7) is 5.21. The van der Waals surface area contributed by atoms with Crippen LogP contribution in [0.2, 0.25) is 0 Å². The summed E-state index contributed by atoms with van der Waals surface area (Å²) in [6.07, 6.45) is 4.71. The van der Waals surface area contributed by atoms with Crippen LogP contribution in [0.4, 0.5) is 0 Å². The number of nitrogens with one attached hydrogen (secondary N) is 2. The van der Waals surface area contributed by atoms with Crippen molar-refractivity contribution in [3.8, 4) is 0 Å². The molecule has 7 nitrogen and oxygen atoms in total. The monoisotopic (exact) mass is 430 g/mol. The Balaban J connectivity index is 0.00000192. The number of aliphatic imine (C=N–C) groups is 1. The second-order valence-corrected chi connectivity index (χ2v) is 5.24. The van der Waals surface area contributed by atoms with Crippen LogP contribution in [0.3, 0.4) is 0 Å². The molecule has 0 atom stereocenters. The van der Waals surface area contributed by atoms with Crippen molar-refractivity contribution in [1.82, 2.24) is 25.4 Å². The molecule has 0 aromatic carbocycles. The highest BCUT2D eigenvalue weighted by Crippen LogP contribution is 2.14. The predicted molar refractivity (Wildman–Crippen MR) is 99.0 cm³/mol. The summed E-state index contributed by atoms with van der Waals surface area (Å²) in [5.74, 6) is 3.79. The molecule has 0 radical (unpaired) electrons. The van der Waals surface area contributed by atoms with E-state index in [4.69, 9.17) is 4.42 Å². The van der Waals surface area contributed by atoms with Gasteiger partial charge in [-0.05, 0) is 25.5 Å². The van der Waals surface area contributed by atoms with Gasteiger partial charge in [-0.3, -0.25) is 0 Å². The van der Waals surface area contributed by atoms with Crippen LogP contribution in [0.5, 0.6) is 0 Å². The lowest BCUT2D eigenvalue weighted by atomic mass is 10.3. The van der Waals surface area contributed by atoms with Gasteiger partial charge in [-0.25, -0.2) is 4.99 Å². The molecule has 8 heteroatoms. The lowest BCUT2D eigenvalue weighted by Gasteiger charge is -2.10. The number of aryl methyl sites for hydroxylation is 1. The van der Waals surface area contributed by atoms with Crippen molar-refractivity contribution in [2.24, 2.45) is 4.99 Å². The summed E-state index contributed by atoms with van der Waals surface area (Å²) < 4.78 is 7.50. The molecule has 2 N–H and O–H groups in total. The zero-order chi connectivity index (χ0) is 15.2. The van der Waals surface area contributed by atoms with Crippen molar-refractivity contribution in [3.63, 3.8) is 0 Å². The second kappa shape index (κ2) is 8.90. The van der Waals surface area contributed by atoms with Gasteiger partial charge in [0, 0.05) is 32.5 Å². The van der Waals surface area contributed by atoms with Crippen LogP contribution in [0, 0.1) is 0 Å². The molecule has 0 unspecified atom stereocenters. The molecule has 1 aliphatic rings. The molecule has 1 aliphatic heterocycles. The molecule has 0 spiro atoms. The third-order valence-corrected chi connectivity index (χ3v) is 3.65. The van der Waals surface area contributed by atoms with Crippen molar-refractivity contribution in [1.29, 1.82) is 0 Å². The van der Waals surface area contributed by atoms with E-state index in [-0.39, 0.29) is 24.0 Å².